The minimum absolute atomic E-state index is 0.216. The number of benzene rings is 1. The summed E-state index contributed by atoms with van der Waals surface area (Å²) in [4.78, 5) is 17.1. The van der Waals surface area contributed by atoms with Crippen LogP contribution in [-0.2, 0) is 6.42 Å². The molecule has 1 saturated carbocycles. The van der Waals surface area contributed by atoms with Gasteiger partial charge in [0.25, 0.3) is 5.91 Å². The maximum atomic E-state index is 13.0. The van der Waals surface area contributed by atoms with E-state index in [-0.39, 0.29) is 11.9 Å². The Hall–Kier alpha value is -3.71. The number of carbonyl (C=O) groups is 1. The molecule has 0 saturated heterocycles. The Bertz CT molecular complexity index is 1300. The molecule has 174 valence electrons. The molecule has 7 nitrogen and oxygen atoms in total. The lowest BCUT2D eigenvalue weighted by molar-refractivity contribution is 0.0713. The molecule has 2 N–H and O–H groups in total. The van der Waals surface area contributed by atoms with Crippen LogP contribution in [0.25, 0.3) is 16.6 Å². The Labute approximate surface area is 198 Å². The Balaban J connectivity index is 1.38. The molecule has 3 aromatic heterocycles. The van der Waals surface area contributed by atoms with E-state index >= 15 is 0 Å². The molecule has 0 unspecified atom stereocenters. The summed E-state index contributed by atoms with van der Waals surface area (Å²) in [6.07, 6.45) is 7.29. The maximum absolute atomic E-state index is 13.0. The molecule has 1 aliphatic carbocycles. The summed E-state index contributed by atoms with van der Waals surface area (Å²) in [7, 11) is 1.61. The summed E-state index contributed by atoms with van der Waals surface area (Å²) in [5, 5.41) is 17.7. The van der Waals surface area contributed by atoms with Crippen LogP contribution in [-0.4, -0.2) is 44.9 Å². The first kappa shape index (κ1) is 22.1. The molecule has 5 rings (SSSR count). The first-order valence-corrected chi connectivity index (χ1v) is 11.7. The average Bonchev–Trinajstić information content (AvgIpc) is 3.35. The first-order chi connectivity index (χ1) is 16.6. The normalized spacial score (nSPS) is 18.1. The standard InChI is InChI=1S/C27H28N4O3/c1-34-26-17-20(12-13-28-26)19-10-8-18(9-11-19)15-21-16-23(30-31-14-4-6-24(21)31)27(33)29-22-5-2-3-7-25(22)32/h4,6,8-14,16-17,22,25,32H,2-3,5,7,15H2,1H3,(H,29,33)/t22-,25-/m1/s1. The number of amides is 1. The Morgan fingerprint density at radius 2 is 1.94 bits per heavy atom. The first-order valence-electron chi connectivity index (χ1n) is 11.7. The molecule has 7 heteroatoms. The molecule has 0 spiro atoms. The number of methoxy groups -OCH3 is 1. The van der Waals surface area contributed by atoms with Crippen molar-refractivity contribution < 1.29 is 14.6 Å². The number of nitrogens with one attached hydrogen (secondary N) is 1. The summed E-state index contributed by atoms with van der Waals surface area (Å²) in [5.41, 5.74) is 5.60. The fourth-order valence-corrected chi connectivity index (χ4v) is 4.61. The number of rotatable bonds is 6. The minimum Gasteiger partial charge on any atom is -0.481 e. The molecular formula is C27H28N4O3. The maximum Gasteiger partial charge on any atom is 0.272 e. The second-order valence-electron chi connectivity index (χ2n) is 8.79. The van der Waals surface area contributed by atoms with Crippen molar-refractivity contribution in [2.24, 2.45) is 0 Å². The van der Waals surface area contributed by atoms with E-state index in [4.69, 9.17) is 4.74 Å². The fraction of sp³-hybridized carbons (Fsp3) is 0.296. The monoisotopic (exact) mass is 456 g/mol. The number of nitrogens with zero attached hydrogens (tertiary/aromatic N) is 3. The minimum atomic E-state index is -0.494. The van der Waals surface area contributed by atoms with Gasteiger partial charge in [0.1, 0.15) is 5.69 Å². The van der Waals surface area contributed by atoms with E-state index in [0.717, 1.165) is 53.5 Å². The number of hydrogen-bond donors (Lipinski definition) is 2. The van der Waals surface area contributed by atoms with Gasteiger partial charge in [0.05, 0.1) is 24.8 Å². The zero-order chi connectivity index (χ0) is 23.5. The van der Waals surface area contributed by atoms with Crippen molar-refractivity contribution in [2.75, 3.05) is 7.11 Å². The van der Waals surface area contributed by atoms with Gasteiger partial charge < -0.3 is 15.2 Å². The zero-order valence-electron chi connectivity index (χ0n) is 19.1. The summed E-state index contributed by atoms with van der Waals surface area (Å²) in [6, 6.07) is 17.8. The molecule has 0 aliphatic heterocycles. The van der Waals surface area contributed by atoms with Gasteiger partial charge in [-0.3, -0.25) is 4.79 Å². The van der Waals surface area contributed by atoms with E-state index in [2.05, 4.69) is 39.7 Å². The Morgan fingerprint density at radius 1 is 1.12 bits per heavy atom. The van der Waals surface area contributed by atoms with Gasteiger partial charge in [0.15, 0.2) is 0 Å². The van der Waals surface area contributed by atoms with Crippen LogP contribution in [0.15, 0.2) is 67.0 Å². The number of pyridine rings is 1. The van der Waals surface area contributed by atoms with Crippen LogP contribution in [0.2, 0.25) is 0 Å². The van der Waals surface area contributed by atoms with Gasteiger partial charge in [-0.2, -0.15) is 5.10 Å². The number of hydrogen-bond acceptors (Lipinski definition) is 5. The smallest absolute Gasteiger partial charge is 0.272 e. The third-order valence-electron chi connectivity index (χ3n) is 6.49. The van der Waals surface area contributed by atoms with Crippen LogP contribution in [0, 0.1) is 0 Å². The summed E-state index contributed by atoms with van der Waals surface area (Å²) < 4.78 is 6.98. The molecule has 1 amide bonds. The highest BCUT2D eigenvalue weighted by Crippen LogP contribution is 2.24. The molecule has 4 aromatic rings. The molecule has 1 aliphatic rings. The largest absolute Gasteiger partial charge is 0.481 e. The SMILES string of the molecule is COc1cc(-c2ccc(Cc3cc(C(=O)N[C@@H]4CCCC[C@H]4O)nn4cccc34)cc2)ccn1. The second kappa shape index (κ2) is 9.65. The lowest BCUT2D eigenvalue weighted by Gasteiger charge is -2.28. The van der Waals surface area contributed by atoms with Crippen molar-refractivity contribution in [3.8, 4) is 17.0 Å². The number of aliphatic hydroxyl groups is 1. The predicted molar refractivity (Wildman–Crippen MR) is 130 cm³/mol. The van der Waals surface area contributed by atoms with Gasteiger partial charge in [0, 0.05) is 18.5 Å². The number of aromatic nitrogens is 3. The predicted octanol–water partition coefficient (Wildman–Crippen LogP) is 4.03. The van der Waals surface area contributed by atoms with E-state index in [1.807, 2.05) is 36.5 Å². The second-order valence-corrected chi connectivity index (χ2v) is 8.79. The van der Waals surface area contributed by atoms with Gasteiger partial charge in [-0.05, 0) is 65.8 Å². The highest BCUT2D eigenvalue weighted by atomic mass is 16.5. The van der Waals surface area contributed by atoms with Gasteiger partial charge in [-0.1, -0.05) is 37.1 Å². The number of carbonyl (C=O) groups excluding carboxylic acids is 1. The van der Waals surface area contributed by atoms with Gasteiger partial charge in [0.2, 0.25) is 5.88 Å². The molecule has 34 heavy (non-hydrogen) atoms. The van der Waals surface area contributed by atoms with Gasteiger partial charge in [-0.25, -0.2) is 9.50 Å². The van der Waals surface area contributed by atoms with Crippen LogP contribution in [0.3, 0.4) is 0 Å². The van der Waals surface area contributed by atoms with Crippen molar-refractivity contribution in [3.63, 3.8) is 0 Å². The van der Waals surface area contributed by atoms with Crippen LogP contribution in [0.5, 0.6) is 5.88 Å². The van der Waals surface area contributed by atoms with Crippen molar-refractivity contribution in [1.29, 1.82) is 0 Å². The van der Waals surface area contributed by atoms with Crippen molar-refractivity contribution in [3.05, 3.63) is 83.8 Å². The van der Waals surface area contributed by atoms with Crippen LogP contribution in [0.4, 0.5) is 0 Å². The van der Waals surface area contributed by atoms with Crippen LogP contribution < -0.4 is 10.1 Å². The molecule has 3 heterocycles. The lowest BCUT2D eigenvalue weighted by atomic mass is 9.92. The average molecular weight is 457 g/mol. The van der Waals surface area contributed by atoms with Crippen LogP contribution >= 0.6 is 0 Å². The molecule has 1 fully saturated rings. The van der Waals surface area contributed by atoms with Crippen molar-refractivity contribution in [2.45, 2.75) is 44.2 Å². The molecule has 0 bridgehead atoms. The topological polar surface area (TPSA) is 88.8 Å². The third kappa shape index (κ3) is 4.65. The quantitative estimate of drug-likeness (QED) is 0.457. The highest BCUT2D eigenvalue weighted by Gasteiger charge is 2.25. The summed E-state index contributed by atoms with van der Waals surface area (Å²) >= 11 is 0. The number of aliphatic hydroxyl groups excluding tert-OH is 1. The Kier molecular flexibility index (Phi) is 6.27. The highest BCUT2D eigenvalue weighted by molar-refractivity contribution is 5.93. The van der Waals surface area contributed by atoms with E-state index in [1.165, 1.54) is 0 Å². The third-order valence-corrected chi connectivity index (χ3v) is 6.49. The van der Waals surface area contributed by atoms with Crippen molar-refractivity contribution in [1.82, 2.24) is 19.9 Å². The zero-order valence-corrected chi connectivity index (χ0v) is 19.1. The molecule has 1 aromatic carbocycles. The van der Waals surface area contributed by atoms with Gasteiger partial charge >= 0.3 is 0 Å². The van der Waals surface area contributed by atoms with Gasteiger partial charge in [-0.15, -0.1) is 0 Å². The van der Waals surface area contributed by atoms with Crippen molar-refractivity contribution >= 4 is 11.4 Å². The lowest BCUT2D eigenvalue weighted by Crippen LogP contribution is -2.45. The molecular weight excluding hydrogens is 428 g/mol. The van der Waals surface area contributed by atoms with E-state index < -0.39 is 6.10 Å². The van der Waals surface area contributed by atoms with E-state index in [0.29, 0.717) is 18.0 Å². The van der Waals surface area contributed by atoms with E-state index in [1.54, 1.807) is 17.8 Å². The fourth-order valence-electron chi connectivity index (χ4n) is 4.61. The Morgan fingerprint density at radius 3 is 2.74 bits per heavy atom. The summed E-state index contributed by atoms with van der Waals surface area (Å²) in [6.45, 7) is 0. The van der Waals surface area contributed by atoms with E-state index in [9.17, 15) is 9.90 Å². The summed E-state index contributed by atoms with van der Waals surface area (Å²) in [5.74, 6) is 0.338. The number of ether oxygens (including phenoxy) is 1. The molecule has 0 radical (unpaired) electrons. The number of fused-ring (bicyclic) bond motifs is 1. The molecule has 2 atom stereocenters. The van der Waals surface area contributed by atoms with Crippen LogP contribution in [0.1, 0.15) is 47.3 Å².